The van der Waals surface area contributed by atoms with Crippen LogP contribution in [-0.2, 0) is 0 Å². The molecule has 2 aromatic rings. The summed E-state index contributed by atoms with van der Waals surface area (Å²) in [7, 11) is 0. The molecule has 0 saturated carbocycles. The molecule has 88 valence electrons. The highest BCUT2D eigenvalue weighted by Crippen LogP contribution is 2.26. The number of anilines is 1. The van der Waals surface area contributed by atoms with Gasteiger partial charge in [0.15, 0.2) is 0 Å². The molecule has 0 bridgehead atoms. The molecular weight excluding hydrogens is 214 g/mol. The molecule has 0 fully saturated rings. The summed E-state index contributed by atoms with van der Waals surface area (Å²) in [5.41, 5.74) is 8.61. The average molecular weight is 229 g/mol. The Labute approximate surface area is 100 Å². The fourth-order valence-corrected chi connectivity index (χ4v) is 1.46. The van der Waals surface area contributed by atoms with E-state index < -0.39 is 0 Å². The number of aromatic nitrogens is 2. The van der Waals surface area contributed by atoms with E-state index in [0.29, 0.717) is 5.88 Å². The van der Waals surface area contributed by atoms with Gasteiger partial charge in [-0.15, -0.1) is 0 Å². The quantitative estimate of drug-likeness (QED) is 0.860. The standard InChI is InChI=1S/C13H15N3O/c1-8-4-5-9(2)11(6-8)17-12-10(3)7-15-13(14)16-12/h4-7H,1-3H3,(H2,14,15,16). The molecule has 4 heteroatoms. The number of hydrogen-bond acceptors (Lipinski definition) is 4. The maximum Gasteiger partial charge on any atom is 0.226 e. The summed E-state index contributed by atoms with van der Waals surface area (Å²) >= 11 is 0. The van der Waals surface area contributed by atoms with E-state index in [9.17, 15) is 0 Å². The van der Waals surface area contributed by atoms with Gasteiger partial charge in [-0.05, 0) is 38.0 Å². The van der Waals surface area contributed by atoms with Crippen LogP contribution in [0.15, 0.2) is 24.4 Å². The van der Waals surface area contributed by atoms with Gasteiger partial charge in [-0.25, -0.2) is 4.98 Å². The van der Waals surface area contributed by atoms with Crippen molar-refractivity contribution < 1.29 is 4.74 Å². The summed E-state index contributed by atoms with van der Waals surface area (Å²) in [6.45, 7) is 5.90. The van der Waals surface area contributed by atoms with Crippen molar-refractivity contribution in [3.05, 3.63) is 41.1 Å². The summed E-state index contributed by atoms with van der Waals surface area (Å²) in [4.78, 5) is 7.99. The Kier molecular flexibility index (Phi) is 2.95. The average Bonchev–Trinajstić information content (AvgIpc) is 2.28. The first kappa shape index (κ1) is 11.4. The maximum absolute atomic E-state index is 5.77. The normalized spacial score (nSPS) is 10.3. The van der Waals surface area contributed by atoms with Crippen LogP contribution in [0.4, 0.5) is 5.95 Å². The van der Waals surface area contributed by atoms with E-state index >= 15 is 0 Å². The summed E-state index contributed by atoms with van der Waals surface area (Å²) in [6.07, 6.45) is 1.66. The lowest BCUT2D eigenvalue weighted by Gasteiger charge is -2.10. The molecule has 2 N–H and O–H groups in total. The summed E-state index contributed by atoms with van der Waals surface area (Å²) < 4.78 is 5.77. The fraction of sp³-hybridized carbons (Fsp3) is 0.231. The van der Waals surface area contributed by atoms with E-state index in [1.807, 2.05) is 39.0 Å². The summed E-state index contributed by atoms with van der Waals surface area (Å²) in [5.74, 6) is 1.52. The molecule has 2 rings (SSSR count). The van der Waals surface area contributed by atoms with Gasteiger partial charge in [-0.2, -0.15) is 4.98 Å². The highest BCUT2D eigenvalue weighted by molar-refractivity contribution is 5.40. The van der Waals surface area contributed by atoms with Crippen LogP contribution in [0.1, 0.15) is 16.7 Å². The molecule has 1 heterocycles. The second-order valence-corrected chi connectivity index (χ2v) is 4.09. The number of aryl methyl sites for hydroxylation is 3. The van der Waals surface area contributed by atoms with Crippen molar-refractivity contribution in [1.29, 1.82) is 0 Å². The molecule has 1 aromatic heterocycles. The van der Waals surface area contributed by atoms with Crippen molar-refractivity contribution in [2.24, 2.45) is 0 Å². The first-order valence-corrected chi connectivity index (χ1v) is 5.40. The molecule has 0 aliphatic rings. The molecule has 0 aliphatic heterocycles. The van der Waals surface area contributed by atoms with Crippen molar-refractivity contribution in [1.82, 2.24) is 9.97 Å². The van der Waals surface area contributed by atoms with E-state index in [4.69, 9.17) is 10.5 Å². The number of rotatable bonds is 2. The molecule has 0 amide bonds. The minimum Gasteiger partial charge on any atom is -0.438 e. The lowest BCUT2D eigenvalue weighted by atomic mass is 10.1. The van der Waals surface area contributed by atoms with Gasteiger partial charge in [0.2, 0.25) is 11.8 Å². The zero-order valence-electron chi connectivity index (χ0n) is 10.2. The van der Waals surface area contributed by atoms with E-state index in [1.165, 1.54) is 0 Å². The van der Waals surface area contributed by atoms with E-state index in [-0.39, 0.29) is 5.95 Å². The molecular formula is C13H15N3O. The first-order chi connectivity index (χ1) is 8.06. The van der Waals surface area contributed by atoms with Gasteiger partial charge in [0, 0.05) is 11.8 Å². The highest BCUT2D eigenvalue weighted by atomic mass is 16.5. The van der Waals surface area contributed by atoms with Gasteiger partial charge < -0.3 is 10.5 Å². The second kappa shape index (κ2) is 4.41. The topological polar surface area (TPSA) is 61.0 Å². The molecule has 4 nitrogen and oxygen atoms in total. The van der Waals surface area contributed by atoms with Gasteiger partial charge in [0.25, 0.3) is 0 Å². The van der Waals surface area contributed by atoms with Crippen LogP contribution in [0.3, 0.4) is 0 Å². The molecule has 0 saturated heterocycles. The van der Waals surface area contributed by atoms with Crippen molar-refractivity contribution in [3.63, 3.8) is 0 Å². The number of nitrogens with zero attached hydrogens (tertiary/aromatic N) is 2. The molecule has 17 heavy (non-hydrogen) atoms. The van der Waals surface area contributed by atoms with Crippen LogP contribution < -0.4 is 10.5 Å². The summed E-state index contributed by atoms with van der Waals surface area (Å²) in [5, 5.41) is 0. The number of benzene rings is 1. The molecule has 0 spiro atoms. The maximum atomic E-state index is 5.77. The zero-order valence-corrected chi connectivity index (χ0v) is 10.2. The second-order valence-electron chi connectivity index (χ2n) is 4.09. The Bertz CT molecular complexity index is 503. The van der Waals surface area contributed by atoms with Gasteiger partial charge in [0.05, 0.1) is 0 Å². The predicted octanol–water partition coefficient (Wildman–Crippen LogP) is 2.78. The largest absolute Gasteiger partial charge is 0.438 e. The third kappa shape index (κ3) is 2.53. The van der Waals surface area contributed by atoms with Crippen LogP contribution in [0.25, 0.3) is 0 Å². The smallest absolute Gasteiger partial charge is 0.226 e. The van der Waals surface area contributed by atoms with Crippen LogP contribution in [0.2, 0.25) is 0 Å². The number of hydrogen-bond donors (Lipinski definition) is 1. The van der Waals surface area contributed by atoms with Crippen LogP contribution in [-0.4, -0.2) is 9.97 Å². The Hall–Kier alpha value is -2.10. The molecule has 0 unspecified atom stereocenters. The van der Waals surface area contributed by atoms with Crippen LogP contribution >= 0.6 is 0 Å². The monoisotopic (exact) mass is 229 g/mol. The SMILES string of the molecule is Cc1ccc(C)c(Oc2nc(N)ncc2C)c1. The van der Waals surface area contributed by atoms with Gasteiger partial charge in [0.1, 0.15) is 5.75 Å². The van der Waals surface area contributed by atoms with E-state index in [2.05, 4.69) is 9.97 Å². The minimum atomic E-state index is 0.218. The van der Waals surface area contributed by atoms with Crippen LogP contribution in [0, 0.1) is 20.8 Å². The van der Waals surface area contributed by atoms with Crippen LogP contribution in [0.5, 0.6) is 11.6 Å². The predicted molar refractivity (Wildman–Crippen MR) is 67.2 cm³/mol. The molecule has 0 radical (unpaired) electrons. The van der Waals surface area contributed by atoms with Crippen molar-refractivity contribution in [2.75, 3.05) is 5.73 Å². The third-order valence-corrected chi connectivity index (χ3v) is 2.49. The van der Waals surface area contributed by atoms with Gasteiger partial charge in [-0.1, -0.05) is 12.1 Å². The number of ether oxygens (including phenoxy) is 1. The number of nitrogen functional groups attached to an aromatic ring is 1. The zero-order chi connectivity index (χ0) is 12.4. The van der Waals surface area contributed by atoms with Crippen molar-refractivity contribution in [2.45, 2.75) is 20.8 Å². The Morgan fingerprint density at radius 1 is 1.12 bits per heavy atom. The van der Waals surface area contributed by atoms with E-state index in [0.717, 1.165) is 22.4 Å². The lowest BCUT2D eigenvalue weighted by Crippen LogP contribution is -1.99. The third-order valence-electron chi connectivity index (χ3n) is 2.49. The minimum absolute atomic E-state index is 0.218. The summed E-state index contributed by atoms with van der Waals surface area (Å²) in [6, 6.07) is 6.04. The Morgan fingerprint density at radius 3 is 2.65 bits per heavy atom. The molecule has 0 atom stereocenters. The van der Waals surface area contributed by atoms with Gasteiger partial charge in [-0.3, -0.25) is 0 Å². The lowest BCUT2D eigenvalue weighted by molar-refractivity contribution is 0.454. The van der Waals surface area contributed by atoms with Gasteiger partial charge >= 0.3 is 0 Å². The molecule has 1 aromatic carbocycles. The highest BCUT2D eigenvalue weighted by Gasteiger charge is 2.07. The number of nitrogens with two attached hydrogens (primary N) is 1. The Balaban J connectivity index is 2.37. The first-order valence-electron chi connectivity index (χ1n) is 5.40. The van der Waals surface area contributed by atoms with Crippen molar-refractivity contribution in [3.8, 4) is 11.6 Å². The Morgan fingerprint density at radius 2 is 1.88 bits per heavy atom. The van der Waals surface area contributed by atoms with Crippen molar-refractivity contribution >= 4 is 5.95 Å². The van der Waals surface area contributed by atoms with E-state index in [1.54, 1.807) is 6.20 Å². The fourth-order valence-electron chi connectivity index (χ4n) is 1.46. The molecule has 0 aliphatic carbocycles.